The number of imidazole rings is 1. The molecule has 3 rings (SSSR count). The van der Waals surface area contributed by atoms with Gasteiger partial charge in [0, 0.05) is 18.9 Å². The molecule has 0 aliphatic carbocycles. The van der Waals surface area contributed by atoms with Gasteiger partial charge in [0.05, 0.1) is 5.02 Å². The van der Waals surface area contributed by atoms with Crippen LogP contribution in [0.25, 0.3) is 5.65 Å². The van der Waals surface area contributed by atoms with Crippen molar-refractivity contribution in [2.45, 2.75) is 6.54 Å². The molecule has 0 saturated carbocycles. The number of rotatable bonds is 3. The third-order valence-electron chi connectivity index (χ3n) is 2.94. The van der Waals surface area contributed by atoms with Gasteiger partial charge in [0.25, 0.3) is 5.91 Å². The molecule has 0 radical (unpaired) electrons. The zero-order valence-corrected chi connectivity index (χ0v) is 11.3. The number of amides is 1. The molecule has 3 aromatic rings. The number of fused-ring (bicyclic) bond motifs is 1. The zero-order chi connectivity index (χ0) is 13.9. The highest BCUT2D eigenvalue weighted by Crippen LogP contribution is 2.11. The fourth-order valence-corrected chi connectivity index (χ4v) is 2.11. The summed E-state index contributed by atoms with van der Waals surface area (Å²) in [6.07, 6.45) is 3.39. The number of carbonyl (C=O) groups is 1. The van der Waals surface area contributed by atoms with E-state index in [0.717, 1.165) is 5.56 Å². The minimum Gasteiger partial charge on any atom is -0.347 e. The highest BCUT2D eigenvalue weighted by Gasteiger charge is 2.10. The summed E-state index contributed by atoms with van der Waals surface area (Å²) in [6, 6.07) is 13.3. The first-order chi connectivity index (χ1) is 9.72. The standard InChI is InChI=1S/C15H12ClN3O/c16-12-6-7-14-18-13(10-19(14)9-12)15(20)17-8-11-4-2-1-3-5-11/h1-7,9-10H,8H2,(H,17,20). The average molecular weight is 286 g/mol. The number of benzene rings is 1. The van der Waals surface area contributed by atoms with Gasteiger partial charge in [-0.15, -0.1) is 0 Å². The van der Waals surface area contributed by atoms with E-state index in [2.05, 4.69) is 10.3 Å². The normalized spacial score (nSPS) is 10.7. The van der Waals surface area contributed by atoms with Crippen molar-refractivity contribution < 1.29 is 4.79 Å². The van der Waals surface area contributed by atoms with Crippen LogP contribution >= 0.6 is 11.6 Å². The average Bonchev–Trinajstić information content (AvgIpc) is 2.89. The number of nitrogens with zero attached hydrogens (tertiary/aromatic N) is 2. The summed E-state index contributed by atoms with van der Waals surface area (Å²) in [6.45, 7) is 0.480. The molecule has 0 aliphatic rings. The summed E-state index contributed by atoms with van der Waals surface area (Å²) in [7, 11) is 0. The quantitative estimate of drug-likeness (QED) is 0.804. The molecule has 0 unspecified atom stereocenters. The molecule has 1 N–H and O–H groups in total. The molecule has 5 heteroatoms. The van der Waals surface area contributed by atoms with Gasteiger partial charge >= 0.3 is 0 Å². The van der Waals surface area contributed by atoms with Crippen molar-refractivity contribution >= 4 is 23.2 Å². The lowest BCUT2D eigenvalue weighted by atomic mass is 10.2. The van der Waals surface area contributed by atoms with Gasteiger partial charge in [-0.25, -0.2) is 4.98 Å². The van der Waals surface area contributed by atoms with Gasteiger partial charge in [-0.1, -0.05) is 41.9 Å². The highest BCUT2D eigenvalue weighted by molar-refractivity contribution is 6.30. The van der Waals surface area contributed by atoms with E-state index in [1.54, 1.807) is 28.9 Å². The van der Waals surface area contributed by atoms with E-state index >= 15 is 0 Å². The first-order valence-electron chi connectivity index (χ1n) is 6.19. The third kappa shape index (κ3) is 2.65. The minimum absolute atomic E-state index is 0.200. The van der Waals surface area contributed by atoms with Gasteiger partial charge in [-0.3, -0.25) is 4.79 Å². The summed E-state index contributed by atoms with van der Waals surface area (Å²) in [5, 5.41) is 3.45. The molecule has 20 heavy (non-hydrogen) atoms. The molecule has 1 amide bonds. The first-order valence-corrected chi connectivity index (χ1v) is 6.56. The monoisotopic (exact) mass is 285 g/mol. The van der Waals surface area contributed by atoms with Crippen molar-refractivity contribution in [2.75, 3.05) is 0 Å². The second kappa shape index (κ2) is 5.35. The topological polar surface area (TPSA) is 46.4 Å². The Balaban J connectivity index is 1.75. The van der Waals surface area contributed by atoms with Crippen molar-refractivity contribution in [1.82, 2.24) is 14.7 Å². The Morgan fingerprint density at radius 3 is 2.75 bits per heavy atom. The van der Waals surface area contributed by atoms with Gasteiger partial charge in [0.1, 0.15) is 11.3 Å². The van der Waals surface area contributed by atoms with E-state index in [1.807, 2.05) is 30.3 Å². The Labute approximate surface area is 121 Å². The molecule has 0 saturated heterocycles. The van der Waals surface area contributed by atoms with Gasteiger partial charge in [-0.2, -0.15) is 0 Å². The number of hydrogen-bond donors (Lipinski definition) is 1. The van der Waals surface area contributed by atoms with Gasteiger partial charge in [0.2, 0.25) is 0 Å². The largest absolute Gasteiger partial charge is 0.347 e. The van der Waals surface area contributed by atoms with E-state index in [0.29, 0.717) is 22.9 Å². The van der Waals surface area contributed by atoms with E-state index in [4.69, 9.17) is 11.6 Å². The SMILES string of the molecule is O=C(NCc1ccccc1)c1cn2cc(Cl)ccc2n1. The number of hydrogen-bond acceptors (Lipinski definition) is 2. The van der Waals surface area contributed by atoms with Crippen LogP contribution in [0.2, 0.25) is 5.02 Å². The van der Waals surface area contributed by atoms with E-state index in [1.165, 1.54) is 0 Å². The van der Waals surface area contributed by atoms with Crippen molar-refractivity contribution in [3.05, 3.63) is 71.1 Å². The van der Waals surface area contributed by atoms with Crippen molar-refractivity contribution in [3.8, 4) is 0 Å². The van der Waals surface area contributed by atoms with Crippen molar-refractivity contribution in [2.24, 2.45) is 0 Å². The summed E-state index contributed by atoms with van der Waals surface area (Å²) in [5.41, 5.74) is 2.12. The van der Waals surface area contributed by atoms with E-state index < -0.39 is 0 Å². The molecule has 0 atom stereocenters. The van der Waals surface area contributed by atoms with Crippen LogP contribution in [-0.2, 0) is 6.54 Å². The predicted molar refractivity (Wildman–Crippen MR) is 77.8 cm³/mol. The van der Waals surface area contributed by atoms with Crippen molar-refractivity contribution in [1.29, 1.82) is 0 Å². The van der Waals surface area contributed by atoms with Crippen LogP contribution in [0.3, 0.4) is 0 Å². The summed E-state index contributed by atoms with van der Waals surface area (Å²) in [4.78, 5) is 16.3. The van der Waals surface area contributed by atoms with Gasteiger partial charge in [-0.05, 0) is 17.7 Å². The lowest BCUT2D eigenvalue weighted by Gasteiger charge is -2.02. The van der Waals surface area contributed by atoms with Gasteiger partial charge < -0.3 is 9.72 Å². The molecule has 100 valence electrons. The molecule has 0 fully saturated rings. The lowest BCUT2D eigenvalue weighted by molar-refractivity contribution is 0.0946. The second-order valence-electron chi connectivity index (χ2n) is 4.41. The molecule has 0 aliphatic heterocycles. The second-order valence-corrected chi connectivity index (χ2v) is 4.84. The molecule has 2 aromatic heterocycles. The maximum absolute atomic E-state index is 12.1. The summed E-state index contributed by atoms with van der Waals surface area (Å²) in [5.74, 6) is -0.200. The Morgan fingerprint density at radius 1 is 1.15 bits per heavy atom. The number of halogens is 1. The molecule has 0 spiro atoms. The van der Waals surface area contributed by atoms with Crippen LogP contribution in [0.4, 0.5) is 0 Å². The number of nitrogens with one attached hydrogen (secondary N) is 1. The Kier molecular flexibility index (Phi) is 3.39. The van der Waals surface area contributed by atoms with Crippen molar-refractivity contribution in [3.63, 3.8) is 0 Å². The van der Waals surface area contributed by atoms with E-state index in [-0.39, 0.29) is 5.91 Å². The van der Waals surface area contributed by atoms with Crippen LogP contribution in [0, 0.1) is 0 Å². The predicted octanol–water partition coefficient (Wildman–Crippen LogP) is 2.92. The minimum atomic E-state index is -0.200. The maximum atomic E-state index is 12.1. The van der Waals surface area contributed by atoms with Crippen LogP contribution in [-0.4, -0.2) is 15.3 Å². The summed E-state index contributed by atoms with van der Waals surface area (Å²) < 4.78 is 1.74. The fourth-order valence-electron chi connectivity index (χ4n) is 1.94. The van der Waals surface area contributed by atoms with Crippen LogP contribution in [0.15, 0.2) is 54.9 Å². The Hall–Kier alpha value is -2.33. The van der Waals surface area contributed by atoms with Crippen LogP contribution in [0.5, 0.6) is 0 Å². The van der Waals surface area contributed by atoms with Gasteiger partial charge in [0.15, 0.2) is 0 Å². The number of aromatic nitrogens is 2. The summed E-state index contributed by atoms with van der Waals surface area (Å²) >= 11 is 5.90. The Morgan fingerprint density at radius 2 is 1.95 bits per heavy atom. The van der Waals surface area contributed by atoms with Crippen LogP contribution < -0.4 is 5.32 Å². The maximum Gasteiger partial charge on any atom is 0.271 e. The van der Waals surface area contributed by atoms with Crippen LogP contribution in [0.1, 0.15) is 16.1 Å². The Bertz CT molecular complexity index is 752. The molecule has 4 nitrogen and oxygen atoms in total. The number of pyridine rings is 1. The number of carbonyl (C=O) groups excluding carboxylic acids is 1. The molecule has 1 aromatic carbocycles. The fraction of sp³-hybridized carbons (Fsp3) is 0.0667. The smallest absolute Gasteiger partial charge is 0.271 e. The first kappa shape index (κ1) is 12.7. The molecule has 2 heterocycles. The third-order valence-corrected chi connectivity index (χ3v) is 3.17. The van der Waals surface area contributed by atoms with E-state index in [9.17, 15) is 4.79 Å². The highest BCUT2D eigenvalue weighted by atomic mass is 35.5. The molecular formula is C15H12ClN3O. The molecular weight excluding hydrogens is 274 g/mol. The molecule has 0 bridgehead atoms. The lowest BCUT2D eigenvalue weighted by Crippen LogP contribution is -2.23. The zero-order valence-electron chi connectivity index (χ0n) is 10.6.